The number of anilines is 1. The van der Waals surface area contributed by atoms with Crippen LogP contribution in [0.1, 0.15) is 44.2 Å². The molecule has 2 aromatic rings. The summed E-state index contributed by atoms with van der Waals surface area (Å²) in [6.07, 6.45) is 2.86. The van der Waals surface area contributed by atoms with Gasteiger partial charge in [-0.25, -0.2) is 0 Å². The molecular formula is C22H25NO2. The standard InChI is InChI=1S/C22H25NO2/c1-3-9-18(14-16(2)24)22(15-17-10-5-4-6-11-17)19-12-7-8-13-20(19)23-21(22)25/h4-8,10-13,18H,3,9,14-15H2,1-2H3,(H,23,25)/t18-,22+/m1/s1. The second-order valence-corrected chi connectivity index (χ2v) is 7.03. The Morgan fingerprint density at radius 2 is 1.76 bits per heavy atom. The Balaban J connectivity index is 2.14. The van der Waals surface area contributed by atoms with Gasteiger partial charge in [-0.05, 0) is 42.9 Å². The SMILES string of the molecule is CCC[C@H](CC(C)=O)[C@]1(Cc2ccccc2)C(=O)Nc2ccccc21. The number of carbonyl (C=O) groups excluding carboxylic acids is 2. The Morgan fingerprint density at radius 1 is 1.08 bits per heavy atom. The van der Waals surface area contributed by atoms with E-state index in [1.54, 1.807) is 6.92 Å². The van der Waals surface area contributed by atoms with E-state index < -0.39 is 5.41 Å². The van der Waals surface area contributed by atoms with Gasteiger partial charge in [0, 0.05) is 12.1 Å². The first-order valence-corrected chi connectivity index (χ1v) is 9.02. The first-order chi connectivity index (χ1) is 12.1. The molecule has 3 nitrogen and oxygen atoms in total. The summed E-state index contributed by atoms with van der Waals surface area (Å²) in [7, 11) is 0. The number of amides is 1. The van der Waals surface area contributed by atoms with E-state index in [9.17, 15) is 9.59 Å². The maximum atomic E-state index is 13.2. The third-order valence-electron chi connectivity index (χ3n) is 5.25. The summed E-state index contributed by atoms with van der Waals surface area (Å²) in [6.45, 7) is 3.74. The second kappa shape index (κ2) is 7.22. The van der Waals surface area contributed by atoms with Crippen molar-refractivity contribution in [3.63, 3.8) is 0 Å². The van der Waals surface area contributed by atoms with Gasteiger partial charge in [0.2, 0.25) is 5.91 Å². The second-order valence-electron chi connectivity index (χ2n) is 7.03. The highest BCUT2D eigenvalue weighted by Gasteiger charge is 2.51. The fourth-order valence-corrected chi connectivity index (χ4v) is 4.20. The summed E-state index contributed by atoms with van der Waals surface area (Å²) < 4.78 is 0. The number of para-hydroxylation sites is 1. The molecule has 0 unspecified atom stereocenters. The van der Waals surface area contributed by atoms with Crippen molar-refractivity contribution >= 4 is 17.4 Å². The molecule has 0 bridgehead atoms. The van der Waals surface area contributed by atoms with E-state index in [2.05, 4.69) is 24.4 Å². The van der Waals surface area contributed by atoms with Gasteiger partial charge in [0.25, 0.3) is 0 Å². The molecule has 2 aromatic carbocycles. The summed E-state index contributed by atoms with van der Waals surface area (Å²) in [6, 6.07) is 18.0. The summed E-state index contributed by atoms with van der Waals surface area (Å²) in [4.78, 5) is 25.2. The number of rotatable bonds is 7. The van der Waals surface area contributed by atoms with Crippen LogP contribution in [0, 0.1) is 5.92 Å². The molecule has 0 radical (unpaired) electrons. The van der Waals surface area contributed by atoms with E-state index >= 15 is 0 Å². The maximum Gasteiger partial charge on any atom is 0.235 e. The van der Waals surface area contributed by atoms with Crippen LogP contribution in [0.4, 0.5) is 5.69 Å². The zero-order chi connectivity index (χ0) is 17.9. The normalized spacial score (nSPS) is 20.0. The molecule has 0 saturated heterocycles. The van der Waals surface area contributed by atoms with Gasteiger partial charge in [-0.1, -0.05) is 61.9 Å². The number of ketones is 1. The lowest BCUT2D eigenvalue weighted by atomic mass is 9.64. The van der Waals surface area contributed by atoms with E-state index in [-0.39, 0.29) is 17.6 Å². The average Bonchev–Trinajstić information content (AvgIpc) is 2.88. The smallest absolute Gasteiger partial charge is 0.235 e. The lowest BCUT2D eigenvalue weighted by Crippen LogP contribution is -2.44. The van der Waals surface area contributed by atoms with E-state index in [1.165, 1.54) is 0 Å². The Kier molecular flexibility index (Phi) is 5.03. The molecule has 0 saturated carbocycles. The van der Waals surface area contributed by atoms with Crippen molar-refractivity contribution in [2.75, 3.05) is 5.32 Å². The van der Waals surface area contributed by atoms with Crippen LogP contribution < -0.4 is 5.32 Å². The van der Waals surface area contributed by atoms with Crippen LogP contribution in [0.5, 0.6) is 0 Å². The van der Waals surface area contributed by atoms with Crippen molar-refractivity contribution in [2.45, 2.75) is 44.9 Å². The molecule has 3 heteroatoms. The van der Waals surface area contributed by atoms with Crippen LogP contribution in [-0.4, -0.2) is 11.7 Å². The molecule has 130 valence electrons. The van der Waals surface area contributed by atoms with Crippen molar-refractivity contribution in [1.82, 2.24) is 0 Å². The highest BCUT2D eigenvalue weighted by molar-refractivity contribution is 6.07. The minimum atomic E-state index is -0.681. The highest BCUT2D eigenvalue weighted by atomic mass is 16.2. The van der Waals surface area contributed by atoms with Gasteiger partial charge in [0.15, 0.2) is 0 Å². The van der Waals surface area contributed by atoms with Crippen molar-refractivity contribution in [2.24, 2.45) is 5.92 Å². The van der Waals surface area contributed by atoms with E-state index in [4.69, 9.17) is 0 Å². The number of fused-ring (bicyclic) bond motifs is 1. The topological polar surface area (TPSA) is 46.2 Å². The minimum absolute atomic E-state index is 0.00106. The summed E-state index contributed by atoms with van der Waals surface area (Å²) in [5, 5.41) is 3.07. The monoisotopic (exact) mass is 335 g/mol. The van der Waals surface area contributed by atoms with Gasteiger partial charge in [-0.3, -0.25) is 4.79 Å². The summed E-state index contributed by atoms with van der Waals surface area (Å²) in [5.41, 5.74) is 2.36. The number of nitrogens with one attached hydrogen (secondary N) is 1. The lowest BCUT2D eigenvalue weighted by molar-refractivity contribution is -0.124. The number of Topliss-reactive ketones (excluding diaryl/α,β-unsaturated/α-hetero) is 1. The Hall–Kier alpha value is -2.42. The van der Waals surface area contributed by atoms with Gasteiger partial charge in [-0.15, -0.1) is 0 Å². The van der Waals surface area contributed by atoms with Crippen molar-refractivity contribution in [1.29, 1.82) is 0 Å². The molecule has 0 fully saturated rings. The van der Waals surface area contributed by atoms with Crippen LogP contribution in [0.25, 0.3) is 0 Å². The molecular weight excluding hydrogens is 310 g/mol. The molecule has 25 heavy (non-hydrogen) atoms. The molecule has 0 spiro atoms. The van der Waals surface area contributed by atoms with E-state index in [0.29, 0.717) is 12.8 Å². The maximum absolute atomic E-state index is 13.2. The molecule has 1 aliphatic rings. The predicted molar refractivity (Wildman–Crippen MR) is 101 cm³/mol. The quantitative estimate of drug-likeness (QED) is 0.809. The number of benzene rings is 2. The Labute approximate surface area is 149 Å². The fourth-order valence-electron chi connectivity index (χ4n) is 4.20. The van der Waals surface area contributed by atoms with Gasteiger partial charge in [0.1, 0.15) is 5.78 Å². The molecule has 1 aliphatic heterocycles. The number of carbonyl (C=O) groups is 2. The van der Waals surface area contributed by atoms with Crippen LogP contribution in [0.15, 0.2) is 54.6 Å². The van der Waals surface area contributed by atoms with Crippen molar-refractivity contribution in [3.05, 3.63) is 65.7 Å². The zero-order valence-electron chi connectivity index (χ0n) is 14.9. The van der Waals surface area contributed by atoms with Crippen LogP contribution in [0.2, 0.25) is 0 Å². The minimum Gasteiger partial charge on any atom is -0.325 e. The van der Waals surface area contributed by atoms with Crippen molar-refractivity contribution < 1.29 is 9.59 Å². The molecule has 1 N–H and O–H groups in total. The van der Waals surface area contributed by atoms with Crippen LogP contribution in [-0.2, 0) is 21.4 Å². The Morgan fingerprint density at radius 3 is 2.44 bits per heavy atom. The van der Waals surface area contributed by atoms with Gasteiger partial charge in [0.05, 0.1) is 5.41 Å². The molecule has 0 aliphatic carbocycles. The third-order valence-corrected chi connectivity index (χ3v) is 5.25. The first-order valence-electron chi connectivity index (χ1n) is 9.02. The zero-order valence-corrected chi connectivity index (χ0v) is 14.9. The fraction of sp³-hybridized carbons (Fsp3) is 0.364. The largest absolute Gasteiger partial charge is 0.325 e. The molecule has 2 atom stereocenters. The van der Waals surface area contributed by atoms with Gasteiger partial charge in [-0.2, -0.15) is 0 Å². The highest BCUT2D eigenvalue weighted by Crippen LogP contribution is 2.48. The Bertz CT molecular complexity index is 769. The lowest BCUT2D eigenvalue weighted by Gasteiger charge is -2.36. The van der Waals surface area contributed by atoms with E-state index in [1.807, 2.05) is 42.5 Å². The predicted octanol–water partition coefficient (Wildman–Crippen LogP) is 4.51. The molecule has 1 heterocycles. The summed E-state index contributed by atoms with van der Waals surface area (Å²) in [5.74, 6) is 0.166. The average molecular weight is 335 g/mol. The molecule has 1 amide bonds. The van der Waals surface area contributed by atoms with Crippen LogP contribution >= 0.6 is 0 Å². The van der Waals surface area contributed by atoms with Crippen molar-refractivity contribution in [3.8, 4) is 0 Å². The van der Waals surface area contributed by atoms with Gasteiger partial charge >= 0.3 is 0 Å². The number of hydrogen-bond acceptors (Lipinski definition) is 2. The summed E-state index contributed by atoms with van der Waals surface area (Å²) >= 11 is 0. The van der Waals surface area contributed by atoms with Crippen LogP contribution in [0.3, 0.4) is 0 Å². The van der Waals surface area contributed by atoms with E-state index in [0.717, 1.165) is 29.7 Å². The third kappa shape index (κ3) is 3.23. The first kappa shape index (κ1) is 17.4. The van der Waals surface area contributed by atoms with Gasteiger partial charge < -0.3 is 10.1 Å². The molecule has 0 aromatic heterocycles. The molecule has 3 rings (SSSR count). The number of hydrogen-bond donors (Lipinski definition) is 1.